The lowest BCUT2D eigenvalue weighted by atomic mass is 9.81. The quantitative estimate of drug-likeness (QED) is 0.832. The van der Waals surface area contributed by atoms with Gasteiger partial charge >= 0.3 is 5.97 Å². The summed E-state index contributed by atoms with van der Waals surface area (Å²) in [5.41, 5.74) is 1.15. The van der Waals surface area contributed by atoms with Crippen LogP contribution in [0.5, 0.6) is 0 Å². The Balaban J connectivity index is 1.67. The number of hydrogen-bond acceptors (Lipinski definition) is 3. The van der Waals surface area contributed by atoms with Gasteiger partial charge in [0.1, 0.15) is 6.04 Å². The smallest absolute Gasteiger partial charge is 0.320 e. The minimum atomic E-state index is -0.822. The maximum atomic E-state index is 12.6. The third-order valence-corrected chi connectivity index (χ3v) is 5.59. The zero-order valence-corrected chi connectivity index (χ0v) is 14.7. The third-order valence-electron chi connectivity index (χ3n) is 5.59. The fraction of sp³-hybridized carbons (Fsp3) is 0.600. The first kappa shape index (κ1) is 17.9. The number of amides is 1. The average molecular weight is 344 g/mol. The van der Waals surface area contributed by atoms with E-state index in [1.54, 1.807) is 4.90 Å². The van der Waals surface area contributed by atoms with Crippen LogP contribution in [0.4, 0.5) is 0 Å². The van der Waals surface area contributed by atoms with Crippen LogP contribution in [0.25, 0.3) is 0 Å². The Morgan fingerprint density at radius 1 is 1.08 bits per heavy atom. The molecule has 5 heteroatoms. The summed E-state index contributed by atoms with van der Waals surface area (Å²) in [7, 11) is 0. The largest absolute Gasteiger partial charge is 0.480 e. The zero-order valence-electron chi connectivity index (χ0n) is 14.7. The molecule has 0 radical (unpaired) electrons. The highest BCUT2D eigenvalue weighted by atomic mass is 16.4. The number of nitrogens with zero attached hydrogens (tertiary/aromatic N) is 1. The lowest BCUT2D eigenvalue weighted by molar-refractivity contribution is -0.142. The summed E-state index contributed by atoms with van der Waals surface area (Å²) in [5, 5.41) is 12.5. The molecule has 2 aliphatic rings. The molecule has 2 fully saturated rings. The van der Waals surface area contributed by atoms with Crippen LogP contribution in [0.15, 0.2) is 30.3 Å². The molecule has 25 heavy (non-hydrogen) atoms. The summed E-state index contributed by atoms with van der Waals surface area (Å²) in [6, 6.07) is 9.68. The Morgan fingerprint density at radius 3 is 2.48 bits per heavy atom. The molecule has 0 spiro atoms. The van der Waals surface area contributed by atoms with Gasteiger partial charge in [-0.05, 0) is 43.7 Å². The molecular formula is C20H28N2O3. The van der Waals surface area contributed by atoms with Crippen molar-refractivity contribution in [2.75, 3.05) is 13.1 Å². The van der Waals surface area contributed by atoms with Gasteiger partial charge in [-0.1, -0.05) is 49.6 Å². The molecule has 0 unspecified atom stereocenters. The van der Waals surface area contributed by atoms with Crippen molar-refractivity contribution in [1.82, 2.24) is 10.2 Å². The van der Waals surface area contributed by atoms with Crippen LogP contribution < -0.4 is 5.32 Å². The number of carboxylic acids is 1. The first-order valence-corrected chi connectivity index (χ1v) is 9.46. The number of benzene rings is 1. The molecule has 3 rings (SSSR count). The Labute approximate surface area is 149 Å². The number of nitrogens with one attached hydrogen (secondary N) is 1. The van der Waals surface area contributed by atoms with Crippen molar-refractivity contribution in [1.29, 1.82) is 0 Å². The summed E-state index contributed by atoms with van der Waals surface area (Å²) in [6.07, 6.45) is 7.47. The monoisotopic (exact) mass is 344 g/mol. The molecule has 1 heterocycles. The van der Waals surface area contributed by atoms with Gasteiger partial charge < -0.3 is 10.4 Å². The van der Waals surface area contributed by atoms with Gasteiger partial charge in [-0.25, -0.2) is 0 Å². The van der Waals surface area contributed by atoms with E-state index >= 15 is 0 Å². The van der Waals surface area contributed by atoms with Gasteiger partial charge in [0.15, 0.2) is 0 Å². The lowest BCUT2D eigenvalue weighted by Crippen LogP contribution is -2.45. The van der Waals surface area contributed by atoms with Crippen LogP contribution in [0.3, 0.4) is 0 Å². The Hall–Kier alpha value is -1.88. The fourth-order valence-electron chi connectivity index (χ4n) is 4.30. The summed E-state index contributed by atoms with van der Waals surface area (Å²) in [5.74, 6) is -0.418. The first-order valence-electron chi connectivity index (χ1n) is 9.46. The van der Waals surface area contributed by atoms with Crippen molar-refractivity contribution < 1.29 is 14.7 Å². The fourth-order valence-corrected chi connectivity index (χ4v) is 4.30. The average Bonchev–Trinajstić information content (AvgIpc) is 3.09. The maximum absolute atomic E-state index is 12.6. The molecule has 1 saturated carbocycles. The second kappa shape index (κ2) is 8.48. The molecule has 1 aliphatic carbocycles. The molecule has 2 atom stereocenters. The molecule has 5 nitrogen and oxygen atoms in total. The maximum Gasteiger partial charge on any atom is 0.320 e. The number of rotatable bonds is 6. The number of carbonyl (C=O) groups excluding carboxylic acids is 1. The molecule has 1 saturated heterocycles. The van der Waals surface area contributed by atoms with Gasteiger partial charge in [-0.2, -0.15) is 0 Å². The van der Waals surface area contributed by atoms with Gasteiger partial charge in [0.25, 0.3) is 0 Å². The second-order valence-corrected chi connectivity index (χ2v) is 7.32. The summed E-state index contributed by atoms with van der Waals surface area (Å²) >= 11 is 0. The minimum absolute atomic E-state index is 0.0277. The Bertz CT molecular complexity index is 584. The lowest BCUT2D eigenvalue weighted by Gasteiger charge is -2.32. The number of likely N-dealkylation sites (tertiary alicyclic amines) is 1. The molecule has 2 N–H and O–H groups in total. The standard InChI is InChI=1S/C20H28N2O3/c23-18(14-22-13-7-12-17(22)20(24)25)21-19(15-8-3-1-4-9-15)16-10-5-2-6-11-16/h1,3-4,8-9,16-17,19H,2,5-7,10-14H2,(H,21,23)(H,24,25)/t17-,19-/m0/s1. The van der Waals surface area contributed by atoms with E-state index in [4.69, 9.17) is 0 Å². The summed E-state index contributed by atoms with van der Waals surface area (Å²) in [4.78, 5) is 25.8. The molecule has 136 valence electrons. The van der Waals surface area contributed by atoms with E-state index in [9.17, 15) is 14.7 Å². The summed E-state index contributed by atoms with van der Waals surface area (Å²) < 4.78 is 0. The van der Waals surface area contributed by atoms with Crippen LogP contribution in [0.1, 0.15) is 56.6 Å². The van der Waals surface area contributed by atoms with Crippen LogP contribution in [-0.2, 0) is 9.59 Å². The van der Waals surface area contributed by atoms with Crippen molar-refractivity contribution in [2.45, 2.75) is 57.0 Å². The number of carboxylic acid groups (broad SMARTS) is 1. The van der Waals surface area contributed by atoms with Crippen LogP contribution >= 0.6 is 0 Å². The van der Waals surface area contributed by atoms with Crippen LogP contribution in [-0.4, -0.2) is 41.0 Å². The molecule has 0 bridgehead atoms. The molecule has 0 aromatic heterocycles. The second-order valence-electron chi connectivity index (χ2n) is 7.32. The summed E-state index contributed by atoms with van der Waals surface area (Å²) in [6.45, 7) is 0.858. The van der Waals surface area contributed by atoms with E-state index in [0.717, 1.165) is 24.8 Å². The predicted molar refractivity (Wildman–Crippen MR) is 96.1 cm³/mol. The van der Waals surface area contributed by atoms with Crippen molar-refractivity contribution in [3.63, 3.8) is 0 Å². The van der Waals surface area contributed by atoms with Crippen molar-refractivity contribution in [3.05, 3.63) is 35.9 Å². The minimum Gasteiger partial charge on any atom is -0.480 e. The highest BCUT2D eigenvalue weighted by molar-refractivity contribution is 5.80. The van der Waals surface area contributed by atoms with Gasteiger partial charge in [-0.3, -0.25) is 14.5 Å². The van der Waals surface area contributed by atoms with Crippen molar-refractivity contribution in [2.24, 2.45) is 5.92 Å². The number of aliphatic carboxylic acids is 1. The van der Waals surface area contributed by atoms with E-state index in [1.165, 1.54) is 19.3 Å². The Morgan fingerprint density at radius 2 is 1.80 bits per heavy atom. The molecular weight excluding hydrogens is 316 g/mol. The first-order chi connectivity index (χ1) is 12.1. The van der Waals surface area contributed by atoms with Gasteiger partial charge in [0.05, 0.1) is 12.6 Å². The van der Waals surface area contributed by atoms with Gasteiger partial charge in [-0.15, -0.1) is 0 Å². The van der Waals surface area contributed by atoms with Crippen molar-refractivity contribution in [3.8, 4) is 0 Å². The SMILES string of the molecule is O=C(CN1CCC[C@H]1C(=O)O)N[C@@H](c1ccccc1)C1CCCCC1. The van der Waals surface area contributed by atoms with Crippen molar-refractivity contribution >= 4 is 11.9 Å². The highest BCUT2D eigenvalue weighted by Gasteiger charge is 2.33. The van der Waals surface area contributed by atoms with Crippen LogP contribution in [0.2, 0.25) is 0 Å². The zero-order chi connectivity index (χ0) is 17.6. The van der Waals surface area contributed by atoms with Gasteiger partial charge in [0, 0.05) is 0 Å². The topological polar surface area (TPSA) is 69.6 Å². The predicted octanol–water partition coefficient (Wildman–Crippen LogP) is 2.97. The number of carbonyl (C=O) groups is 2. The normalized spacial score (nSPS) is 23.3. The van der Waals surface area contributed by atoms with E-state index in [0.29, 0.717) is 18.9 Å². The van der Waals surface area contributed by atoms with E-state index in [1.807, 2.05) is 18.2 Å². The van der Waals surface area contributed by atoms with E-state index < -0.39 is 12.0 Å². The molecule has 1 aliphatic heterocycles. The Kier molecular flexibility index (Phi) is 6.08. The third kappa shape index (κ3) is 4.60. The van der Waals surface area contributed by atoms with Gasteiger partial charge in [0.2, 0.25) is 5.91 Å². The van der Waals surface area contributed by atoms with Crippen LogP contribution in [0, 0.1) is 5.92 Å². The molecule has 1 aromatic carbocycles. The van der Waals surface area contributed by atoms with E-state index in [2.05, 4.69) is 17.4 Å². The highest BCUT2D eigenvalue weighted by Crippen LogP contribution is 2.34. The molecule has 1 amide bonds. The van der Waals surface area contributed by atoms with E-state index in [-0.39, 0.29) is 18.5 Å². The molecule has 1 aromatic rings. The number of hydrogen-bond donors (Lipinski definition) is 2.